The maximum atomic E-state index is 11.7. The van der Waals surface area contributed by atoms with Crippen LogP contribution in [-0.4, -0.2) is 31.5 Å². The molecule has 2 atom stereocenters. The van der Waals surface area contributed by atoms with Crippen LogP contribution in [0, 0.1) is 0 Å². The highest BCUT2D eigenvalue weighted by Crippen LogP contribution is 2.19. The number of hydrogen-bond acceptors (Lipinski definition) is 3. The molecule has 0 saturated carbocycles. The number of rotatable bonds is 5. The van der Waals surface area contributed by atoms with Gasteiger partial charge >= 0.3 is 0 Å². The van der Waals surface area contributed by atoms with E-state index in [2.05, 4.69) is 10.6 Å². The van der Waals surface area contributed by atoms with Gasteiger partial charge in [-0.25, -0.2) is 0 Å². The second-order valence-corrected chi connectivity index (χ2v) is 5.25. The predicted octanol–water partition coefficient (Wildman–Crippen LogP) is 2.99. The lowest BCUT2D eigenvalue weighted by Crippen LogP contribution is -2.35. The van der Waals surface area contributed by atoms with E-state index < -0.39 is 0 Å². The third kappa shape index (κ3) is 5.23. The zero-order valence-electron chi connectivity index (χ0n) is 12.6. The molecule has 1 aromatic carbocycles. The Balaban J connectivity index is 0.000000956. The molecular formula is C16H25ClN2O. The molecule has 1 fully saturated rings. The number of nitrogens with one attached hydrogen (secondary N) is 2. The number of carbonyl (C=O) groups is 1. The van der Waals surface area contributed by atoms with Crippen LogP contribution in [-0.2, 0) is 4.79 Å². The van der Waals surface area contributed by atoms with Gasteiger partial charge in [0.2, 0.25) is 0 Å². The van der Waals surface area contributed by atoms with Crippen LogP contribution in [0.5, 0.6) is 0 Å². The topological polar surface area (TPSA) is 41.1 Å². The van der Waals surface area contributed by atoms with E-state index in [9.17, 15) is 4.79 Å². The maximum absolute atomic E-state index is 11.7. The van der Waals surface area contributed by atoms with Crippen molar-refractivity contribution < 1.29 is 4.79 Å². The molecule has 1 saturated heterocycles. The van der Waals surface area contributed by atoms with E-state index in [1.807, 2.05) is 38.1 Å². The number of halogens is 1. The molecule has 0 radical (unpaired) electrons. The zero-order chi connectivity index (χ0) is 15.0. The molecule has 0 aromatic heterocycles. The Morgan fingerprint density at radius 2 is 2.05 bits per heavy atom. The lowest BCUT2D eigenvalue weighted by Gasteiger charge is -2.18. The van der Waals surface area contributed by atoms with Crippen molar-refractivity contribution in [3.05, 3.63) is 34.9 Å². The largest absolute Gasteiger partial charge is 0.315 e. The van der Waals surface area contributed by atoms with Gasteiger partial charge in [-0.3, -0.25) is 4.79 Å². The molecule has 2 rings (SSSR count). The van der Waals surface area contributed by atoms with Gasteiger partial charge < -0.3 is 10.6 Å². The first-order valence-electron chi connectivity index (χ1n) is 7.37. The van der Waals surface area contributed by atoms with E-state index in [-0.39, 0.29) is 11.7 Å². The summed E-state index contributed by atoms with van der Waals surface area (Å²) in [7, 11) is 0. The fourth-order valence-corrected chi connectivity index (χ4v) is 2.43. The van der Waals surface area contributed by atoms with Crippen molar-refractivity contribution in [2.75, 3.05) is 19.6 Å². The fourth-order valence-electron chi connectivity index (χ4n) is 2.30. The minimum Gasteiger partial charge on any atom is -0.315 e. The first-order valence-corrected chi connectivity index (χ1v) is 7.74. The highest BCUT2D eigenvalue weighted by Gasteiger charge is 2.20. The van der Waals surface area contributed by atoms with Crippen LogP contribution in [0.2, 0.25) is 5.02 Å². The van der Waals surface area contributed by atoms with E-state index in [0.29, 0.717) is 17.6 Å². The summed E-state index contributed by atoms with van der Waals surface area (Å²) in [4.78, 5) is 11.7. The van der Waals surface area contributed by atoms with E-state index in [1.165, 1.54) is 0 Å². The molecule has 1 aromatic rings. The first-order chi connectivity index (χ1) is 9.66. The summed E-state index contributed by atoms with van der Waals surface area (Å²) < 4.78 is 0. The molecule has 1 aliphatic heterocycles. The molecule has 0 bridgehead atoms. The van der Waals surface area contributed by atoms with Gasteiger partial charge in [-0.2, -0.15) is 0 Å². The van der Waals surface area contributed by atoms with E-state index in [1.54, 1.807) is 6.92 Å². The molecule has 0 aliphatic carbocycles. The van der Waals surface area contributed by atoms with Crippen LogP contribution >= 0.6 is 11.6 Å². The van der Waals surface area contributed by atoms with Gasteiger partial charge in [0.25, 0.3) is 0 Å². The van der Waals surface area contributed by atoms with Crippen molar-refractivity contribution in [1.29, 1.82) is 0 Å². The highest BCUT2D eigenvalue weighted by molar-refractivity contribution is 6.30. The maximum Gasteiger partial charge on any atom is 0.138 e. The van der Waals surface area contributed by atoms with Crippen molar-refractivity contribution in [1.82, 2.24) is 10.6 Å². The van der Waals surface area contributed by atoms with Crippen LogP contribution < -0.4 is 10.6 Å². The molecule has 4 heteroatoms. The molecule has 2 unspecified atom stereocenters. The van der Waals surface area contributed by atoms with Crippen molar-refractivity contribution >= 4 is 17.4 Å². The molecule has 2 N–H and O–H groups in total. The Hall–Kier alpha value is -0.900. The van der Waals surface area contributed by atoms with Crippen LogP contribution in [0.3, 0.4) is 0 Å². The number of benzene rings is 1. The molecule has 0 spiro atoms. The molecule has 3 nitrogen and oxygen atoms in total. The summed E-state index contributed by atoms with van der Waals surface area (Å²) in [5.74, 6) is 0.110. The average Bonchev–Trinajstić information content (AvgIpc) is 2.96. The lowest BCUT2D eigenvalue weighted by atomic mass is 9.95. The lowest BCUT2D eigenvalue weighted by molar-refractivity contribution is -0.118. The Labute approximate surface area is 127 Å². The Morgan fingerprint density at radius 3 is 2.55 bits per heavy atom. The summed E-state index contributed by atoms with van der Waals surface area (Å²) in [5.41, 5.74) is 1.03. The van der Waals surface area contributed by atoms with E-state index >= 15 is 0 Å². The number of Topliss-reactive ketones (excluding diaryl/α,β-unsaturated/α-hetero) is 1. The highest BCUT2D eigenvalue weighted by atomic mass is 35.5. The van der Waals surface area contributed by atoms with Crippen molar-refractivity contribution in [3.63, 3.8) is 0 Å². The number of carbonyl (C=O) groups excluding carboxylic acids is 1. The van der Waals surface area contributed by atoms with Gasteiger partial charge in [-0.1, -0.05) is 37.6 Å². The van der Waals surface area contributed by atoms with Gasteiger partial charge in [0, 0.05) is 24.2 Å². The van der Waals surface area contributed by atoms with Crippen molar-refractivity contribution in [2.24, 2.45) is 0 Å². The fraction of sp³-hybridized carbons (Fsp3) is 0.562. The van der Waals surface area contributed by atoms with Crippen molar-refractivity contribution in [2.45, 2.75) is 39.2 Å². The molecular weight excluding hydrogens is 272 g/mol. The number of hydrogen-bond donors (Lipinski definition) is 2. The summed E-state index contributed by atoms with van der Waals surface area (Å²) in [6.07, 6.45) is 1.13. The Morgan fingerprint density at radius 1 is 1.40 bits per heavy atom. The van der Waals surface area contributed by atoms with Crippen LogP contribution in [0.1, 0.15) is 38.7 Å². The van der Waals surface area contributed by atoms with E-state index in [0.717, 1.165) is 25.1 Å². The number of ketones is 1. The molecule has 1 heterocycles. The Bertz CT molecular complexity index is 399. The zero-order valence-corrected chi connectivity index (χ0v) is 13.3. The standard InChI is InChI=1S/C14H19ClN2O.C2H6/c1-10(18)14(9-17-13-6-7-16-8-13)11-2-4-12(15)5-3-11;1-2/h2-5,13-14,16-17H,6-9H2,1H3;1-2H3. The second kappa shape index (κ2) is 9.11. The van der Waals surface area contributed by atoms with Gasteiger partial charge in [-0.05, 0) is 37.6 Å². The third-order valence-electron chi connectivity index (χ3n) is 3.43. The SMILES string of the molecule is CC.CC(=O)C(CNC1CCNC1)c1ccc(Cl)cc1. The summed E-state index contributed by atoms with van der Waals surface area (Å²) in [6, 6.07) is 8.03. The van der Waals surface area contributed by atoms with Crippen LogP contribution in [0.25, 0.3) is 0 Å². The van der Waals surface area contributed by atoms with Crippen LogP contribution in [0.4, 0.5) is 0 Å². The van der Waals surface area contributed by atoms with Crippen molar-refractivity contribution in [3.8, 4) is 0 Å². The molecule has 112 valence electrons. The summed E-state index contributed by atoms with van der Waals surface area (Å²) in [6.45, 7) is 8.39. The monoisotopic (exact) mass is 296 g/mol. The quantitative estimate of drug-likeness (QED) is 0.878. The minimum atomic E-state index is -0.0807. The van der Waals surface area contributed by atoms with Gasteiger partial charge in [0.15, 0.2) is 0 Å². The molecule has 0 amide bonds. The van der Waals surface area contributed by atoms with Gasteiger partial charge in [-0.15, -0.1) is 0 Å². The third-order valence-corrected chi connectivity index (χ3v) is 3.69. The Kier molecular flexibility index (Phi) is 7.82. The van der Waals surface area contributed by atoms with Gasteiger partial charge in [0.1, 0.15) is 5.78 Å². The van der Waals surface area contributed by atoms with Gasteiger partial charge in [0.05, 0.1) is 5.92 Å². The average molecular weight is 297 g/mol. The summed E-state index contributed by atoms with van der Waals surface area (Å²) >= 11 is 5.87. The second-order valence-electron chi connectivity index (χ2n) is 4.81. The van der Waals surface area contributed by atoms with E-state index in [4.69, 9.17) is 11.6 Å². The smallest absolute Gasteiger partial charge is 0.138 e. The van der Waals surface area contributed by atoms with Crippen LogP contribution in [0.15, 0.2) is 24.3 Å². The normalized spacial score (nSPS) is 19.1. The molecule has 20 heavy (non-hydrogen) atoms. The minimum absolute atomic E-state index is 0.0807. The summed E-state index contributed by atoms with van der Waals surface area (Å²) in [5, 5.41) is 7.47. The first kappa shape index (κ1) is 17.2. The molecule has 1 aliphatic rings. The predicted molar refractivity (Wildman–Crippen MR) is 85.5 cm³/mol.